The minimum absolute atomic E-state index is 0.168. The van der Waals surface area contributed by atoms with Crippen LogP contribution in [0.4, 0.5) is 5.69 Å². The van der Waals surface area contributed by atoms with Crippen molar-refractivity contribution in [3.8, 4) is 6.07 Å². The van der Waals surface area contributed by atoms with Crippen LogP contribution in [0.1, 0.15) is 18.4 Å². The van der Waals surface area contributed by atoms with Gasteiger partial charge in [0.15, 0.2) is 0 Å². The standard InChI is InChI=1S/C17H16ClN3O3S2/c18-15-10-14(4-3-13(15)11-19)20-17(22)12-5-7-21(8-6-12)26(23,24)16-2-1-9-25-16/h1-4,9-10,12H,5-8H2,(H,20,22). The van der Waals surface area contributed by atoms with Crippen LogP contribution in [0.25, 0.3) is 0 Å². The largest absolute Gasteiger partial charge is 0.326 e. The van der Waals surface area contributed by atoms with Gasteiger partial charge in [0, 0.05) is 24.7 Å². The van der Waals surface area contributed by atoms with Crippen LogP contribution in [0.3, 0.4) is 0 Å². The zero-order valence-corrected chi connectivity index (χ0v) is 16.1. The van der Waals surface area contributed by atoms with Gasteiger partial charge in [0.2, 0.25) is 5.91 Å². The molecular weight excluding hydrogens is 394 g/mol. The topological polar surface area (TPSA) is 90.3 Å². The molecule has 0 unspecified atom stereocenters. The molecule has 1 aliphatic heterocycles. The minimum Gasteiger partial charge on any atom is -0.326 e. The maximum absolute atomic E-state index is 12.5. The molecule has 2 heterocycles. The predicted octanol–water partition coefficient (Wildman–Crippen LogP) is 3.31. The van der Waals surface area contributed by atoms with Crippen molar-refractivity contribution in [1.82, 2.24) is 4.31 Å². The number of anilines is 1. The highest BCUT2D eigenvalue weighted by Gasteiger charge is 2.32. The second kappa shape index (κ2) is 7.76. The average molecular weight is 410 g/mol. The first kappa shape index (κ1) is 18.9. The molecule has 6 nitrogen and oxygen atoms in total. The zero-order chi connectivity index (χ0) is 18.7. The van der Waals surface area contributed by atoms with Crippen molar-refractivity contribution in [3.63, 3.8) is 0 Å². The van der Waals surface area contributed by atoms with E-state index in [-0.39, 0.29) is 16.8 Å². The summed E-state index contributed by atoms with van der Waals surface area (Å²) in [5.41, 5.74) is 0.865. The third-order valence-electron chi connectivity index (χ3n) is 4.27. The van der Waals surface area contributed by atoms with Crippen molar-refractivity contribution in [2.45, 2.75) is 17.1 Å². The Balaban J connectivity index is 1.60. The number of sulfonamides is 1. The van der Waals surface area contributed by atoms with E-state index in [1.54, 1.807) is 29.6 Å². The Morgan fingerprint density at radius 3 is 2.62 bits per heavy atom. The van der Waals surface area contributed by atoms with E-state index in [0.29, 0.717) is 41.4 Å². The lowest BCUT2D eigenvalue weighted by atomic mass is 9.97. The van der Waals surface area contributed by atoms with Crippen molar-refractivity contribution in [2.24, 2.45) is 5.92 Å². The Morgan fingerprint density at radius 2 is 2.04 bits per heavy atom. The highest BCUT2D eigenvalue weighted by Crippen LogP contribution is 2.27. The first-order chi connectivity index (χ1) is 12.4. The number of carbonyl (C=O) groups excluding carboxylic acids is 1. The fraction of sp³-hybridized carbons (Fsp3) is 0.294. The summed E-state index contributed by atoms with van der Waals surface area (Å²) < 4.78 is 26.8. The summed E-state index contributed by atoms with van der Waals surface area (Å²) in [4.78, 5) is 12.4. The predicted molar refractivity (Wildman–Crippen MR) is 101 cm³/mol. The second-order valence-corrected chi connectivity index (χ2v) is 9.43. The number of nitrogens with one attached hydrogen (secondary N) is 1. The van der Waals surface area contributed by atoms with E-state index in [1.165, 1.54) is 21.7 Å². The molecule has 0 radical (unpaired) electrons. The van der Waals surface area contributed by atoms with Crippen molar-refractivity contribution in [3.05, 3.63) is 46.3 Å². The molecule has 9 heteroatoms. The van der Waals surface area contributed by atoms with E-state index in [4.69, 9.17) is 16.9 Å². The fourth-order valence-electron chi connectivity index (χ4n) is 2.82. The van der Waals surface area contributed by atoms with Gasteiger partial charge in [-0.25, -0.2) is 8.42 Å². The van der Waals surface area contributed by atoms with Gasteiger partial charge in [-0.05, 0) is 42.5 Å². The molecule has 136 valence electrons. The van der Waals surface area contributed by atoms with Gasteiger partial charge in [-0.1, -0.05) is 17.7 Å². The highest BCUT2D eigenvalue weighted by atomic mass is 35.5. The fourth-order valence-corrected chi connectivity index (χ4v) is 5.66. The van der Waals surface area contributed by atoms with Crippen LogP contribution >= 0.6 is 22.9 Å². The Bertz CT molecular complexity index is 944. The summed E-state index contributed by atoms with van der Waals surface area (Å²) in [5, 5.41) is 13.7. The summed E-state index contributed by atoms with van der Waals surface area (Å²) in [6.45, 7) is 0.624. The van der Waals surface area contributed by atoms with Crippen LogP contribution in [-0.4, -0.2) is 31.7 Å². The van der Waals surface area contributed by atoms with Gasteiger partial charge in [0.1, 0.15) is 10.3 Å². The number of thiophene rings is 1. The van der Waals surface area contributed by atoms with Crippen molar-refractivity contribution >= 4 is 44.6 Å². The summed E-state index contributed by atoms with van der Waals surface area (Å²) in [6, 6.07) is 9.97. The molecule has 3 rings (SSSR count). The Hall–Kier alpha value is -1.92. The molecule has 1 aromatic heterocycles. The van der Waals surface area contributed by atoms with Gasteiger partial charge in [0.25, 0.3) is 10.0 Å². The quantitative estimate of drug-likeness (QED) is 0.838. The summed E-state index contributed by atoms with van der Waals surface area (Å²) in [6.07, 6.45) is 0.918. The molecule has 0 atom stereocenters. The first-order valence-electron chi connectivity index (χ1n) is 7.96. The van der Waals surface area contributed by atoms with Gasteiger partial charge in [-0.2, -0.15) is 9.57 Å². The minimum atomic E-state index is -3.47. The number of rotatable bonds is 4. The molecule has 1 aliphatic rings. The average Bonchev–Trinajstić information content (AvgIpc) is 3.17. The van der Waals surface area contributed by atoms with E-state index in [9.17, 15) is 13.2 Å². The molecule has 1 aromatic carbocycles. The summed E-state index contributed by atoms with van der Waals surface area (Å²) in [5.74, 6) is -0.432. The number of carbonyl (C=O) groups is 1. The van der Waals surface area contributed by atoms with Crippen LogP contribution in [-0.2, 0) is 14.8 Å². The third-order valence-corrected chi connectivity index (χ3v) is 7.86. The number of amides is 1. The molecule has 0 aliphatic carbocycles. The van der Waals surface area contributed by atoms with Gasteiger partial charge >= 0.3 is 0 Å². The summed E-state index contributed by atoms with van der Waals surface area (Å²) in [7, 11) is -3.47. The smallest absolute Gasteiger partial charge is 0.252 e. The number of nitrogens with zero attached hydrogens (tertiary/aromatic N) is 2. The Kier molecular flexibility index (Phi) is 5.63. The lowest BCUT2D eigenvalue weighted by molar-refractivity contribution is -0.120. The molecular formula is C17H16ClN3O3S2. The number of benzene rings is 1. The van der Waals surface area contributed by atoms with Gasteiger partial charge in [-0.3, -0.25) is 4.79 Å². The third kappa shape index (κ3) is 3.91. The first-order valence-corrected chi connectivity index (χ1v) is 10.7. The van der Waals surface area contributed by atoms with Crippen LogP contribution in [0, 0.1) is 17.2 Å². The molecule has 1 N–H and O–H groups in total. The van der Waals surface area contributed by atoms with Gasteiger partial charge in [-0.15, -0.1) is 11.3 Å². The van der Waals surface area contributed by atoms with E-state index in [1.807, 2.05) is 6.07 Å². The maximum atomic E-state index is 12.5. The SMILES string of the molecule is N#Cc1ccc(NC(=O)C2CCN(S(=O)(=O)c3cccs3)CC2)cc1Cl. The van der Waals surface area contributed by atoms with E-state index >= 15 is 0 Å². The van der Waals surface area contributed by atoms with Crippen molar-refractivity contribution in [1.29, 1.82) is 5.26 Å². The van der Waals surface area contributed by atoms with Crippen LogP contribution in [0.2, 0.25) is 5.02 Å². The van der Waals surface area contributed by atoms with E-state index in [0.717, 1.165) is 0 Å². The molecule has 2 aromatic rings. The monoisotopic (exact) mass is 409 g/mol. The van der Waals surface area contributed by atoms with Crippen molar-refractivity contribution < 1.29 is 13.2 Å². The zero-order valence-electron chi connectivity index (χ0n) is 13.7. The Morgan fingerprint density at radius 1 is 1.31 bits per heavy atom. The molecule has 1 saturated heterocycles. The number of nitriles is 1. The van der Waals surface area contributed by atoms with Crippen LogP contribution in [0.15, 0.2) is 39.9 Å². The maximum Gasteiger partial charge on any atom is 0.252 e. The molecule has 0 bridgehead atoms. The van der Waals surface area contributed by atoms with E-state index < -0.39 is 10.0 Å². The lowest BCUT2D eigenvalue weighted by Crippen LogP contribution is -2.41. The number of piperidine rings is 1. The molecule has 1 fully saturated rings. The van der Waals surface area contributed by atoms with Gasteiger partial charge in [0.05, 0.1) is 10.6 Å². The normalized spacial score (nSPS) is 16.2. The lowest BCUT2D eigenvalue weighted by Gasteiger charge is -2.30. The number of hydrogen-bond donors (Lipinski definition) is 1. The Labute approximate surface area is 161 Å². The summed E-state index contributed by atoms with van der Waals surface area (Å²) >= 11 is 7.16. The molecule has 0 spiro atoms. The van der Waals surface area contributed by atoms with Crippen molar-refractivity contribution in [2.75, 3.05) is 18.4 Å². The van der Waals surface area contributed by atoms with Crippen LogP contribution in [0.5, 0.6) is 0 Å². The molecule has 1 amide bonds. The number of halogens is 1. The second-order valence-electron chi connectivity index (χ2n) is 5.91. The van der Waals surface area contributed by atoms with Crippen LogP contribution < -0.4 is 5.32 Å². The molecule has 0 saturated carbocycles. The van der Waals surface area contributed by atoms with Gasteiger partial charge < -0.3 is 5.32 Å². The highest BCUT2D eigenvalue weighted by molar-refractivity contribution is 7.91. The molecule has 26 heavy (non-hydrogen) atoms. The number of hydrogen-bond acceptors (Lipinski definition) is 5. The van der Waals surface area contributed by atoms with E-state index in [2.05, 4.69) is 5.32 Å².